The van der Waals surface area contributed by atoms with E-state index >= 15 is 0 Å². The maximum Gasteiger partial charge on any atom is 0.240 e. The Morgan fingerprint density at radius 2 is 2.19 bits per heavy atom. The smallest absolute Gasteiger partial charge is 0.240 e. The van der Waals surface area contributed by atoms with Gasteiger partial charge in [-0.25, -0.2) is 18.4 Å². The summed E-state index contributed by atoms with van der Waals surface area (Å²) in [6.45, 7) is 1.15. The van der Waals surface area contributed by atoms with Gasteiger partial charge in [0.25, 0.3) is 0 Å². The van der Waals surface area contributed by atoms with E-state index in [4.69, 9.17) is 10.5 Å². The molecule has 1 saturated carbocycles. The standard InChI is InChI=1S/C21H23N5O4S/c1-31(28,29)17-8-13(4-6-23-17)21-24-9-15-16(25-18(20(22)27)12-2-3-12)11-30-10-14-5-7-26(21)19(14)15/h4,6,8-9,11-12,18,25H,2-3,5,7,10H2,1H3,(H2,22,27). The highest BCUT2D eigenvalue weighted by Gasteiger charge is 2.39. The first-order chi connectivity index (χ1) is 14.8. The molecule has 0 aromatic carbocycles. The SMILES string of the molecule is CS(=O)(=O)c1cc(C2=NC=C3C(NC(C(N)=O)C4CC4)=COCC4=C3N2CC4)ccn1. The van der Waals surface area contributed by atoms with E-state index in [1.165, 1.54) is 6.20 Å². The van der Waals surface area contributed by atoms with Crippen molar-refractivity contribution in [1.82, 2.24) is 15.2 Å². The summed E-state index contributed by atoms with van der Waals surface area (Å²) in [5.41, 5.74) is 9.94. The Kier molecular flexibility index (Phi) is 4.62. The van der Waals surface area contributed by atoms with Crippen LogP contribution in [0.3, 0.4) is 0 Å². The molecule has 31 heavy (non-hydrogen) atoms. The number of aromatic nitrogens is 1. The van der Waals surface area contributed by atoms with E-state index in [-0.39, 0.29) is 16.9 Å². The van der Waals surface area contributed by atoms with E-state index in [1.807, 2.05) is 0 Å². The third-order valence-corrected chi connectivity index (χ3v) is 6.88. The lowest BCUT2D eigenvalue weighted by Crippen LogP contribution is -2.43. The fraction of sp³-hybridized carbons (Fsp3) is 0.381. The van der Waals surface area contributed by atoms with Crippen molar-refractivity contribution < 1.29 is 17.9 Å². The van der Waals surface area contributed by atoms with Crippen LogP contribution >= 0.6 is 0 Å². The lowest BCUT2D eigenvalue weighted by Gasteiger charge is -2.30. The summed E-state index contributed by atoms with van der Waals surface area (Å²) in [5.74, 6) is 0.524. The van der Waals surface area contributed by atoms with Crippen LogP contribution in [0.25, 0.3) is 0 Å². The van der Waals surface area contributed by atoms with Crippen molar-refractivity contribution in [1.29, 1.82) is 0 Å². The highest BCUT2D eigenvalue weighted by molar-refractivity contribution is 7.90. The van der Waals surface area contributed by atoms with Gasteiger partial charge in [-0.1, -0.05) is 0 Å². The molecule has 3 N–H and O–H groups in total. The normalized spacial score (nSPS) is 21.3. The Balaban J connectivity index is 1.54. The molecule has 4 heterocycles. The van der Waals surface area contributed by atoms with Crippen LogP contribution in [0.15, 0.2) is 63.4 Å². The van der Waals surface area contributed by atoms with Crippen molar-refractivity contribution >= 4 is 21.6 Å². The number of carbonyl (C=O) groups is 1. The van der Waals surface area contributed by atoms with Crippen molar-refractivity contribution in [3.05, 3.63) is 58.9 Å². The van der Waals surface area contributed by atoms with Crippen LogP contribution < -0.4 is 11.1 Å². The zero-order chi connectivity index (χ0) is 21.8. The first kappa shape index (κ1) is 19.8. The van der Waals surface area contributed by atoms with Gasteiger partial charge in [0.2, 0.25) is 5.91 Å². The Morgan fingerprint density at radius 1 is 1.39 bits per heavy atom. The van der Waals surface area contributed by atoms with Gasteiger partial charge in [0.1, 0.15) is 24.7 Å². The number of primary amides is 1. The largest absolute Gasteiger partial charge is 0.495 e. The predicted octanol–water partition coefficient (Wildman–Crippen LogP) is 0.814. The molecule has 0 saturated heterocycles. The maximum absolute atomic E-state index is 12.0. The predicted molar refractivity (Wildman–Crippen MR) is 113 cm³/mol. The van der Waals surface area contributed by atoms with E-state index in [1.54, 1.807) is 24.6 Å². The molecule has 10 heteroatoms. The van der Waals surface area contributed by atoms with Crippen molar-refractivity contribution in [2.75, 3.05) is 19.4 Å². The van der Waals surface area contributed by atoms with E-state index < -0.39 is 15.9 Å². The van der Waals surface area contributed by atoms with Gasteiger partial charge >= 0.3 is 0 Å². The Labute approximate surface area is 180 Å². The first-order valence-corrected chi connectivity index (χ1v) is 12.0. The summed E-state index contributed by atoms with van der Waals surface area (Å²) in [6.07, 6.45) is 8.74. The monoisotopic (exact) mass is 441 g/mol. The fourth-order valence-electron chi connectivity index (χ4n) is 4.21. The molecular formula is C21H23N5O4S. The number of nitrogens with one attached hydrogen (secondary N) is 1. The van der Waals surface area contributed by atoms with Crippen LogP contribution in [0.4, 0.5) is 0 Å². The maximum atomic E-state index is 12.0. The van der Waals surface area contributed by atoms with Gasteiger partial charge in [0.15, 0.2) is 14.9 Å². The summed E-state index contributed by atoms with van der Waals surface area (Å²) < 4.78 is 29.7. The van der Waals surface area contributed by atoms with Crippen LogP contribution in [-0.2, 0) is 19.4 Å². The van der Waals surface area contributed by atoms with E-state index in [2.05, 4.69) is 20.2 Å². The molecule has 162 valence electrons. The van der Waals surface area contributed by atoms with Crippen molar-refractivity contribution in [3.8, 4) is 0 Å². The number of carbonyl (C=O) groups excluding carboxylic acids is 1. The number of hydrogen-bond acceptors (Lipinski definition) is 8. The average molecular weight is 442 g/mol. The van der Waals surface area contributed by atoms with Gasteiger partial charge in [0, 0.05) is 36.3 Å². The quantitative estimate of drug-likeness (QED) is 0.669. The lowest BCUT2D eigenvalue weighted by atomic mass is 10.0. The molecule has 1 aliphatic carbocycles. The summed E-state index contributed by atoms with van der Waals surface area (Å²) in [6, 6.07) is 2.85. The summed E-state index contributed by atoms with van der Waals surface area (Å²) in [4.78, 5) is 22.7. The van der Waals surface area contributed by atoms with Gasteiger partial charge < -0.3 is 20.7 Å². The molecule has 0 bridgehead atoms. The Hall–Kier alpha value is -3.14. The molecule has 1 amide bonds. The summed E-state index contributed by atoms with van der Waals surface area (Å²) >= 11 is 0. The van der Waals surface area contributed by atoms with Gasteiger partial charge in [-0.2, -0.15) is 0 Å². The minimum atomic E-state index is -3.43. The van der Waals surface area contributed by atoms with Crippen LogP contribution in [0.5, 0.6) is 0 Å². The zero-order valence-corrected chi connectivity index (χ0v) is 17.9. The second-order valence-electron chi connectivity index (χ2n) is 8.21. The molecule has 1 fully saturated rings. The average Bonchev–Trinajstić information content (AvgIpc) is 3.50. The van der Waals surface area contributed by atoms with Crippen molar-refractivity contribution in [2.45, 2.75) is 30.3 Å². The molecule has 5 rings (SSSR count). The minimum Gasteiger partial charge on any atom is -0.495 e. The first-order valence-electron chi connectivity index (χ1n) is 10.2. The van der Waals surface area contributed by atoms with Crippen LogP contribution in [0.1, 0.15) is 24.8 Å². The Morgan fingerprint density at radius 3 is 2.90 bits per heavy atom. The number of rotatable bonds is 6. The summed E-state index contributed by atoms with van der Waals surface area (Å²) in [7, 11) is -3.43. The third kappa shape index (κ3) is 3.60. The molecule has 1 aromatic heterocycles. The molecule has 0 radical (unpaired) electrons. The van der Waals surface area contributed by atoms with Crippen molar-refractivity contribution in [2.24, 2.45) is 16.6 Å². The number of hydrogen-bond donors (Lipinski definition) is 2. The van der Waals surface area contributed by atoms with E-state index in [0.29, 0.717) is 30.2 Å². The second kappa shape index (κ2) is 7.23. The molecule has 4 aliphatic rings. The summed E-state index contributed by atoms with van der Waals surface area (Å²) in [5, 5.41) is 3.29. The minimum absolute atomic E-state index is 0.0102. The molecule has 3 aliphatic heterocycles. The third-order valence-electron chi connectivity index (χ3n) is 5.90. The number of sulfone groups is 1. The number of amidine groups is 1. The number of aliphatic imine (C=N–C) groups is 1. The number of pyridine rings is 1. The topological polar surface area (TPSA) is 127 Å². The van der Waals surface area contributed by atoms with Crippen molar-refractivity contribution in [3.63, 3.8) is 0 Å². The zero-order valence-electron chi connectivity index (χ0n) is 17.0. The van der Waals surface area contributed by atoms with Gasteiger partial charge in [-0.3, -0.25) is 4.79 Å². The van der Waals surface area contributed by atoms with Crippen LogP contribution in [-0.4, -0.2) is 55.5 Å². The highest BCUT2D eigenvalue weighted by Crippen LogP contribution is 2.39. The molecule has 1 atom stereocenters. The van der Waals surface area contributed by atoms with E-state index in [9.17, 15) is 13.2 Å². The second-order valence-corrected chi connectivity index (χ2v) is 10.2. The van der Waals surface area contributed by atoms with Crippen LogP contribution in [0.2, 0.25) is 0 Å². The van der Waals surface area contributed by atoms with Gasteiger partial charge in [-0.05, 0) is 42.9 Å². The fourth-order valence-corrected chi connectivity index (χ4v) is 4.80. The Bertz CT molecular complexity index is 1190. The number of ether oxygens (including phenoxy) is 1. The highest BCUT2D eigenvalue weighted by atomic mass is 32.2. The molecule has 1 aromatic rings. The van der Waals surface area contributed by atoms with E-state index in [0.717, 1.165) is 42.4 Å². The number of nitrogens with two attached hydrogens (primary N) is 1. The molecule has 1 unspecified atom stereocenters. The lowest BCUT2D eigenvalue weighted by molar-refractivity contribution is -0.120. The molecular weight excluding hydrogens is 418 g/mol. The van der Waals surface area contributed by atoms with Crippen LogP contribution in [0, 0.1) is 5.92 Å². The molecule has 0 spiro atoms. The number of amides is 1. The van der Waals surface area contributed by atoms with Gasteiger partial charge in [0.05, 0.1) is 11.4 Å². The van der Waals surface area contributed by atoms with Gasteiger partial charge in [-0.15, -0.1) is 0 Å². The number of nitrogens with zero attached hydrogens (tertiary/aromatic N) is 3. The molecule has 9 nitrogen and oxygen atoms in total.